The van der Waals surface area contributed by atoms with E-state index >= 15 is 0 Å². The van der Waals surface area contributed by atoms with Gasteiger partial charge in [0.05, 0.1) is 78.9 Å². The van der Waals surface area contributed by atoms with E-state index in [1.54, 1.807) is 14.7 Å². The van der Waals surface area contributed by atoms with Crippen LogP contribution in [0.1, 0.15) is 0 Å². The summed E-state index contributed by atoms with van der Waals surface area (Å²) in [6, 6.07) is 0. The van der Waals surface area contributed by atoms with Gasteiger partial charge in [-0.3, -0.25) is 0 Å². The van der Waals surface area contributed by atoms with Gasteiger partial charge in [0, 0.05) is 0 Å². The van der Waals surface area contributed by atoms with Gasteiger partial charge in [-0.05, 0) is 0 Å². The number of morpholine rings is 3. The van der Waals surface area contributed by atoms with E-state index in [0.29, 0.717) is 39.6 Å². The van der Waals surface area contributed by atoms with Crippen molar-refractivity contribution < 1.29 is 48.1 Å². The third kappa shape index (κ3) is 42.7. The molecule has 0 aromatic rings. The summed E-state index contributed by atoms with van der Waals surface area (Å²) in [5.74, 6) is 0. The monoisotopic (exact) mass is 1030 g/mol. The maximum absolute atomic E-state index is 8.31. The molecule has 0 amide bonds. The zero-order valence-electron chi connectivity index (χ0n) is 19.3. The minimum atomic E-state index is -3.06. The van der Waals surface area contributed by atoms with Gasteiger partial charge in [-0.1, -0.05) is 0 Å². The van der Waals surface area contributed by atoms with Gasteiger partial charge in [-0.2, -0.15) is 15.8 Å². The number of nitriles is 3. The van der Waals surface area contributed by atoms with Crippen molar-refractivity contribution in [3.05, 3.63) is 0 Å². The number of nitrogens with zero attached hydrogens (tertiary/aromatic N) is 6. The Morgan fingerprint density at radius 3 is 0.829 bits per heavy atom. The Morgan fingerprint density at radius 2 is 0.743 bits per heavy atom. The van der Waals surface area contributed by atoms with Crippen LogP contribution in [-0.2, 0) is 42.6 Å². The van der Waals surface area contributed by atoms with E-state index in [1.165, 1.54) is 63.2 Å². The van der Waals surface area contributed by atoms with Gasteiger partial charge in [0.2, 0.25) is 0 Å². The second-order valence-electron chi connectivity index (χ2n) is 5.41. The van der Waals surface area contributed by atoms with E-state index < -0.39 is 28.4 Å². The number of hydrogen-bond donors (Lipinski definition) is 0. The van der Waals surface area contributed by atoms with Crippen molar-refractivity contribution in [1.82, 2.24) is 14.7 Å². The van der Waals surface area contributed by atoms with Gasteiger partial charge in [-0.25, -0.2) is 0 Å². The summed E-state index contributed by atoms with van der Waals surface area (Å²) >= 11 is -1.03. The first-order chi connectivity index (χ1) is 16.2. The van der Waals surface area contributed by atoms with Crippen LogP contribution in [0, 0.1) is 34.4 Å². The van der Waals surface area contributed by atoms with Gasteiger partial charge < -0.3 is 34.4 Å². The van der Waals surface area contributed by atoms with Gasteiger partial charge in [0.15, 0.2) is 18.6 Å². The first kappa shape index (κ1) is 46.1. The fourth-order valence-corrected chi connectivity index (χ4v) is 1.99. The Hall–Kier alpha value is 4.10. The van der Waals surface area contributed by atoms with Crippen molar-refractivity contribution >= 4 is 120 Å². The Balaban J connectivity index is -0.000000173. The van der Waals surface area contributed by atoms with E-state index in [0.717, 1.165) is 39.3 Å². The Labute approximate surface area is 288 Å². The molecule has 204 valence electrons. The first-order valence-corrected chi connectivity index (χ1v) is 42.6. The van der Waals surface area contributed by atoms with Crippen LogP contribution in [0.5, 0.6) is 0 Å². The molecule has 35 heavy (non-hydrogen) atoms. The van der Waals surface area contributed by atoms with Crippen LogP contribution in [0.2, 0.25) is 0 Å². The molecule has 3 heterocycles. The van der Waals surface area contributed by atoms with Gasteiger partial charge in [0.25, 0.3) is 0 Å². The van der Waals surface area contributed by atoms with Crippen LogP contribution in [0.15, 0.2) is 0 Å². The molecule has 0 aromatic carbocycles. The molecule has 0 aliphatic carbocycles. The normalized spacial score (nSPS) is 16.8. The van der Waals surface area contributed by atoms with Gasteiger partial charge in [-0.15, -0.1) is 0 Å². The molecule has 3 saturated heterocycles. The van der Waals surface area contributed by atoms with Crippen LogP contribution in [0.3, 0.4) is 0 Å². The molecule has 3 fully saturated rings. The summed E-state index contributed by atoms with van der Waals surface area (Å²) in [6.45, 7) is 8.77. The summed E-state index contributed by atoms with van der Waals surface area (Å²) in [6.07, 6.45) is 6.17. The molecule has 0 aromatic heterocycles. The molecular weight excluding hydrogens is 1010 g/mol. The molecule has 0 unspecified atom stereocenters. The number of rotatable bonds is 0. The van der Waals surface area contributed by atoms with Crippen molar-refractivity contribution in [3.63, 3.8) is 0 Å². The molecule has 0 atom stereocenters. The standard InChI is InChI=1S/3C5H8N2O.6ClH.2K.H2O.2Pt/c3*6-5-7-1-3-8-4-2-7;;;;;;;;;;;/h3*1-4H2;6*1H;;;1H2;;/q;;;;;;;;;;;;+2;+4/p-6. The molecule has 3 aliphatic rings. The molecule has 3 aliphatic heterocycles. The molecule has 0 saturated carbocycles. The molecule has 0 bridgehead atoms. The number of hydrogen-bond acceptors (Lipinski definition) is 9. The molecule has 10 nitrogen and oxygen atoms in total. The Kier molecular flexibility index (Phi) is 47.6. The van der Waals surface area contributed by atoms with E-state index in [2.05, 4.69) is 18.6 Å². The average Bonchev–Trinajstić information content (AvgIpc) is 2.87. The van der Waals surface area contributed by atoms with E-state index in [4.69, 9.17) is 86.5 Å². The number of halogens is 6. The van der Waals surface area contributed by atoms with Crippen molar-refractivity contribution in [2.45, 2.75) is 0 Å². The summed E-state index contributed by atoms with van der Waals surface area (Å²) in [5, 5.41) is 24.9. The summed E-state index contributed by atoms with van der Waals surface area (Å²) in [4.78, 5) is 5.09. The topological polar surface area (TPSA) is 140 Å². The summed E-state index contributed by atoms with van der Waals surface area (Å²) < 4.78 is 15.0. The fraction of sp³-hybridized carbons (Fsp3) is 0.800. The molecule has 2 N–H and O–H groups in total. The predicted octanol–water partition coefficient (Wildman–Crippen LogP) is 1.94. The van der Waals surface area contributed by atoms with Gasteiger partial charge in [0.1, 0.15) is 0 Å². The van der Waals surface area contributed by atoms with Crippen molar-refractivity contribution in [2.75, 3.05) is 78.9 Å². The molecule has 0 radical (unpaired) electrons. The average molecular weight is 1040 g/mol. The third-order valence-electron chi connectivity index (χ3n) is 3.46. The summed E-state index contributed by atoms with van der Waals surface area (Å²) in [5.41, 5.74) is 0. The SMILES string of the molecule is N#CN1CCOCC1.N#CN1CCOCC1.N#CN1CCOCC1.O.[Cl][Pt]([Cl])([Cl])[Cl].[Cl][Pt][Cl].[K][K]. The quantitative estimate of drug-likeness (QED) is 0.263. The second kappa shape index (κ2) is 36.1. The van der Waals surface area contributed by atoms with Crippen LogP contribution >= 0.6 is 56.5 Å². The zero-order valence-corrected chi connectivity index (χ0v) is 34.6. The van der Waals surface area contributed by atoms with E-state index in [1.807, 2.05) is 0 Å². The molecule has 20 heteroatoms. The molecule has 0 spiro atoms. The summed E-state index contributed by atoms with van der Waals surface area (Å²) in [7, 11) is 29.8. The second-order valence-corrected chi connectivity index (χ2v) is 28.4. The van der Waals surface area contributed by atoms with Crippen LogP contribution in [0.4, 0.5) is 0 Å². The van der Waals surface area contributed by atoms with Crippen LogP contribution < -0.4 is 0 Å². The fourth-order valence-electron chi connectivity index (χ4n) is 1.99. The minimum absolute atomic E-state index is 0. The molecule has 3 rings (SSSR count). The van der Waals surface area contributed by atoms with Crippen LogP contribution in [-0.4, -0.2) is 162 Å². The Morgan fingerprint density at radius 1 is 0.600 bits per heavy atom. The first-order valence-electron chi connectivity index (χ1n) is 9.69. The van der Waals surface area contributed by atoms with Crippen molar-refractivity contribution in [3.8, 4) is 18.6 Å². The van der Waals surface area contributed by atoms with Crippen LogP contribution in [0.25, 0.3) is 0 Å². The van der Waals surface area contributed by atoms with Crippen molar-refractivity contribution in [1.29, 1.82) is 15.8 Å². The molecular formula is C15H26Cl6K2N6O4Pt2. The predicted molar refractivity (Wildman–Crippen MR) is 134 cm³/mol. The third-order valence-corrected chi connectivity index (χ3v) is 3.46. The van der Waals surface area contributed by atoms with Crippen molar-refractivity contribution in [2.24, 2.45) is 0 Å². The number of ether oxygens (including phenoxy) is 3. The zero-order chi connectivity index (χ0) is 26.7. The Bertz CT molecular complexity index is 500. The van der Waals surface area contributed by atoms with E-state index in [9.17, 15) is 0 Å². The van der Waals surface area contributed by atoms with E-state index in [-0.39, 0.29) is 5.48 Å². The maximum atomic E-state index is 8.31. The van der Waals surface area contributed by atoms with Gasteiger partial charge >= 0.3 is 148 Å².